The van der Waals surface area contributed by atoms with Crippen LogP contribution in [0.2, 0.25) is 12.1 Å². The molecule has 0 aliphatic heterocycles. The van der Waals surface area contributed by atoms with Crippen molar-refractivity contribution in [3.63, 3.8) is 0 Å². The molecular formula is C32H52O10Si2. The van der Waals surface area contributed by atoms with Gasteiger partial charge in [0.2, 0.25) is 0 Å². The number of benzene rings is 2. The maximum atomic E-state index is 12.2. The summed E-state index contributed by atoms with van der Waals surface area (Å²) in [4.78, 5) is 24.5. The minimum atomic E-state index is -2.82. The summed E-state index contributed by atoms with van der Waals surface area (Å²) >= 11 is 0. The highest BCUT2D eigenvalue weighted by Gasteiger charge is 2.40. The smallest absolute Gasteiger partial charge is 0.426 e. The van der Waals surface area contributed by atoms with Crippen LogP contribution in [0.25, 0.3) is 10.8 Å². The fraction of sp³-hybridized carbons (Fsp3) is 0.625. The Labute approximate surface area is 265 Å². The lowest BCUT2D eigenvalue weighted by molar-refractivity contribution is -0.132. The highest BCUT2D eigenvalue weighted by molar-refractivity contribution is 6.61. The van der Waals surface area contributed by atoms with Crippen LogP contribution in [0.1, 0.15) is 79.4 Å². The van der Waals surface area contributed by atoms with Crippen molar-refractivity contribution in [2.45, 2.75) is 93.2 Å². The first-order valence-electron chi connectivity index (χ1n) is 15.9. The Bertz CT molecular complexity index is 1060. The van der Waals surface area contributed by atoms with E-state index in [2.05, 4.69) is 0 Å². The van der Waals surface area contributed by atoms with Gasteiger partial charge in [0.05, 0.1) is 0 Å². The van der Waals surface area contributed by atoms with Crippen LogP contribution < -0.4 is 9.47 Å². The Hall–Kier alpha value is -2.17. The first kappa shape index (κ1) is 38.0. The monoisotopic (exact) mass is 652 g/mol. The largest absolute Gasteiger partial charge is 0.500 e. The Morgan fingerprint density at radius 2 is 0.818 bits per heavy atom. The molecule has 0 atom stereocenters. The standard InChI is InChI=1S/C32H52O10Si2/c1-9-35-43(36-10-2,37-11-3)23-15-17-27-19-21-30-29(31(27)41-25(7)33)22-20-28(32(30)42-26(8)34)18-16-24-44(38-12-4,39-13-5)40-14-6/h19-22H,9-18,23-24H2,1-8H3. The number of aryl methyl sites for hydroxylation is 2. The SMILES string of the molecule is CCO[Si](CCCc1ccc2c(OC(C)=O)c(CCC[Si](OCC)(OCC)OCC)ccc2c1OC(C)=O)(OCC)OCC. The van der Waals surface area contributed by atoms with E-state index in [-0.39, 0.29) is 0 Å². The highest BCUT2D eigenvalue weighted by atomic mass is 28.4. The molecule has 0 radical (unpaired) electrons. The predicted molar refractivity (Wildman–Crippen MR) is 174 cm³/mol. The molecular weight excluding hydrogens is 601 g/mol. The van der Waals surface area contributed by atoms with Gasteiger partial charge in [0.1, 0.15) is 11.5 Å². The van der Waals surface area contributed by atoms with Crippen LogP contribution >= 0.6 is 0 Å². The van der Waals surface area contributed by atoms with Gasteiger partial charge in [-0.05, 0) is 78.4 Å². The van der Waals surface area contributed by atoms with Gasteiger partial charge in [-0.2, -0.15) is 0 Å². The van der Waals surface area contributed by atoms with Gasteiger partial charge in [0.25, 0.3) is 0 Å². The number of fused-ring (bicyclic) bond motifs is 1. The molecule has 2 aromatic rings. The van der Waals surface area contributed by atoms with E-state index in [0.29, 0.717) is 99.7 Å². The summed E-state index contributed by atoms with van der Waals surface area (Å²) in [6.45, 7) is 17.4. The fourth-order valence-corrected chi connectivity index (χ4v) is 10.6. The van der Waals surface area contributed by atoms with Crippen LogP contribution in [0, 0.1) is 0 Å². The van der Waals surface area contributed by atoms with E-state index in [4.69, 9.17) is 36.0 Å². The molecule has 2 rings (SSSR count). The van der Waals surface area contributed by atoms with Gasteiger partial charge in [-0.3, -0.25) is 9.59 Å². The number of hydrogen-bond donors (Lipinski definition) is 0. The molecule has 0 aliphatic carbocycles. The lowest BCUT2D eigenvalue weighted by atomic mass is 9.97. The third kappa shape index (κ3) is 11.0. The third-order valence-electron chi connectivity index (χ3n) is 6.80. The lowest BCUT2D eigenvalue weighted by Gasteiger charge is -2.28. The first-order valence-corrected chi connectivity index (χ1v) is 19.8. The van der Waals surface area contributed by atoms with Crippen LogP contribution in [0.4, 0.5) is 0 Å². The zero-order chi connectivity index (χ0) is 32.6. The van der Waals surface area contributed by atoms with Crippen LogP contribution in [0.3, 0.4) is 0 Å². The normalized spacial score (nSPS) is 12.1. The molecule has 0 N–H and O–H groups in total. The Morgan fingerprint density at radius 1 is 0.523 bits per heavy atom. The van der Waals surface area contributed by atoms with Crippen LogP contribution in [-0.4, -0.2) is 69.2 Å². The van der Waals surface area contributed by atoms with Gasteiger partial charge in [-0.15, -0.1) is 0 Å². The quantitative estimate of drug-likeness (QED) is 0.0779. The molecule has 0 unspecified atom stereocenters. The number of esters is 2. The van der Waals surface area contributed by atoms with Crippen molar-refractivity contribution in [2.75, 3.05) is 39.6 Å². The molecule has 0 aliphatic rings. The van der Waals surface area contributed by atoms with Gasteiger partial charge in [0.15, 0.2) is 0 Å². The van der Waals surface area contributed by atoms with Gasteiger partial charge in [-0.25, -0.2) is 0 Å². The van der Waals surface area contributed by atoms with Gasteiger partial charge in [-0.1, -0.05) is 24.3 Å². The van der Waals surface area contributed by atoms with E-state index < -0.39 is 29.5 Å². The van der Waals surface area contributed by atoms with Crippen molar-refractivity contribution in [3.8, 4) is 11.5 Å². The summed E-state index contributed by atoms with van der Waals surface area (Å²) in [7, 11) is -5.64. The number of hydrogen-bond acceptors (Lipinski definition) is 10. The second kappa shape index (κ2) is 19.4. The third-order valence-corrected chi connectivity index (χ3v) is 13.1. The van der Waals surface area contributed by atoms with Crippen LogP contribution in [0.15, 0.2) is 24.3 Å². The van der Waals surface area contributed by atoms with E-state index in [1.54, 1.807) is 0 Å². The van der Waals surface area contributed by atoms with Gasteiger partial charge >= 0.3 is 29.5 Å². The average Bonchev–Trinajstić information content (AvgIpc) is 2.95. The molecule has 0 fully saturated rings. The summed E-state index contributed by atoms with van der Waals surface area (Å²) in [5, 5.41) is 1.39. The number of rotatable bonds is 22. The Morgan fingerprint density at radius 3 is 1.07 bits per heavy atom. The Balaban J connectivity index is 2.44. The van der Waals surface area contributed by atoms with Crippen molar-refractivity contribution in [1.82, 2.24) is 0 Å². The molecule has 44 heavy (non-hydrogen) atoms. The summed E-state index contributed by atoms with van der Waals surface area (Å²) < 4.78 is 47.6. The van der Waals surface area contributed by atoms with Crippen molar-refractivity contribution in [2.24, 2.45) is 0 Å². The Kier molecular flexibility index (Phi) is 16.7. The second-order valence-corrected chi connectivity index (χ2v) is 15.5. The average molecular weight is 653 g/mol. The predicted octanol–water partition coefficient (Wildman–Crippen LogP) is 6.65. The van der Waals surface area contributed by atoms with E-state index >= 15 is 0 Å². The van der Waals surface area contributed by atoms with E-state index in [0.717, 1.165) is 11.1 Å². The van der Waals surface area contributed by atoms with Crippen molar-refractivity contribution in [3.05, 3.63) is 35.4 Å². The minimum Gasteiger partial charge on any atom is -0.426 e. The summed E-state index contributed by atoms with van der Waals surface area (Å²) in [5.74, 6) is 0.0639. The van der Waals surface area contributed by atoms with E-state index in [1.165, 1.54) is 13.8 Å². The molecule has 0 aromatic heterocycles. The summed E-state index contributed by atoms with van der Waals surface area (Å²) in [6.07, 6.45) is 2.66. The molecule has 0 saturated heterocycles. The van der Waals surface area contributed by atoms with Crippen LogP contribution in [-0.2, 0) is 49.0 Å². The first-order chi connectivity index (χ1) is 21.1. The maximum Gasteiger partial charge on any atom is 0.500 e. The van der Waals surface area contributed by atoms with Crippen LogP contribution in [0.5, 0.6) is 11.5 Å². The van der Waals surface area contributed by atoms with Crippen molar-refractivity contribution < 1.29 is 45.6 Å². The van der Waals surface area contributed by atoms with Gasteiger partial charge in [0, 0.05) is 76.3 Å². The number of ether oxygens (including phenoxy) is 2. The zero-order valence-electron chi connectivity index (χ0n) is 27.9. The summed E-state index contributed by atoms with van der Waals surface area (Å²) in [5.41, 5.74) is 1.73. The molecule has 0 amide bonds. The second-order valence-electron chi connectivity index (χ2n) is 10.1. The zero-order valence-corrected chi connectivity index (χ0v) is 29.9. The molecule has 2 aromatic carbocycles. The molecule has 0 spiro atoms. The maximum absolute atomic E-state index is 12.2. The number of carbonyl (C=O) groups excluding carboxylic acids is 2. The lowest BCUT2D eigenvalue weighted by Crippen LogP contribution is -2.46. The van der Waals surface area contributed by atoms with Crippen molar-refractivity contribution in [1.29, 1.82) is 0 Å². The fourth-order valence-electron chi connectivity index (χ4n) is 5.36. The van der Waals surface area contributed by atoms with E-state index in [1.807, 2.05) is 65.8 Å². The molecule has 248 valence electrons. The molecule has 10 nitrogen and oxygen atoms in total. The van der Waals surface area contributed by atoms with Crippen molar-refractivity contribution >= 4 is 40.3 Å². The van der Waals surface area contributed by atoms with Gasteiger partial charge < -0.3 is 36.0 Å². The highest BCUT2D eigenvalue weighted by Crippen LogP contribution is 2.39. The molecule has 0 saturated carbocycles. The number of carbonyl (C=O) groups is 2. The summed E-state index contributed by atoms with van der Waals surface area (Å²) in [6, 6.07) is 8.98. The molecule has 0 heterocycles. The minimum absolute atomic E-state index is 0.428. The van der Waals surface area contributed by atoms with E-state index in [9.17, 15) is 9.59 Å². The molecule has 0 bridgehead atoms. The topological polar surface area (TPSA) is 108 Å². The molecule has 12 heteroatoms.